The predicted molar refractivity (Wildman–Crippen MR) is 80.0 cm³/mol. The highest BCUT2D eigenvalue weighted by atomic mass is 35.5. The van der Waals surface area contributed by atoms with Gasteiger partial charge in [0.05, 0.1) is 21.3 Å². The monoisotopic (exact) mass is 312 g/mol. The average molecular weight is 313 g/mol. The molecule has 0 aliphatic rings. The summed E-state index contributed by atoms with van der Waals surface area (Å²) in [4.78, 5) is 12.1. The lowest BCUT2D eigenvalue weighted by Gasteiger charge is -2.11. The number of carbonyl (C=O) groups excluding carboxylic acids is 1. The summed E-state index contributed by atoms with van der Waals surface area (Å²) in [5.41, 5.74) is 6.30. The van der Waals surface area contributed by atoms with Crippen LogP contribution in [0.2, 0.25) is 10.0 Å². The van der Waals surface area contributed by atoms with Gasteiger partial charge in [0.15, 0.2) is 0 Å². The fraction of sp³-hybridized carbons (Fsp3) is 0.0714. The Kier molecular flexibility index (Phi) is 4.16. The Labute approximate surface area is 125 Å². The van der Waals surface area contributed by atoms with E-state index in [-0.39, 0.29) is 21.3 Å². The van der Waals surface area contributed by atoms with Gasteiger partial charge in [-0.3, -0.25) is 4.79 Å². The normalized spacial score (nSPS) is 10.4. The number of anilines is 2. The van der Waals surface area contributed by atoms with Crippen LogP contribution in [-0.2, 0) is 0 Å². The number of nitrogen functional groups attached to an aromatic ring is 1. The van der Waals surface area contributed by atoms with Crippen molar-refractivity contribution in [3.05, 3.63) is 57.3 Å². The van der Waals surface area contributed by atoms with Crippen molar-refractivity contribution in [3.8, 4) is 0 Å². The molecule has 3 N–H and O–H groups in total. The molecule has 6 heteroatoms. The van der Waals surface area contributed by atoms with E-state index in [1.807, 2.05) is 0 Å². The largest absolute Gasteiger partial charge is 0.399 e. The van der Waals surface area contributed by atoms with Gasteiger partial charge < -0.3 is 11.1 Å². The lowest BCUT2D eigenvalue weighted by atomic mass is 10.1. The summed E-state index contributed by atoms with van der Waals surface area (Å²) in [7, 11) is 0. The molecule has 0 spiro atoms. The van der Waals surface area contributed by atoms with Crippen molar-refractivity contribution in [2.75, 3.05) is 11.1 Å². The fourth-order valence-electron chi connectivity index (χ4n) is 1.76. The number of nitrogens with one attached hydrogen (secondary N) is 1. The molecule has 0 saturated carbocycles. The van der Waals surface area contributed by atoms with Crippen molar-refractivity contribution in [2.45, 2.75) is 6.92 Å². The number of rotatable bonds is 2. The molecule has 104 valence electrons. The first kappa shape index (κ1) is 14.6. The van der Waals surface area contributed by atoms with E-state index in [0.717, 1.165) is 0 Å². The molecule has 0 bridgehead atoms. The number of para-hydroxylation sites is 1. The molecular weight excluding hydrogens is 302 g/mol. The van der Waals surface area contributed by atoms with E-state index in [4.69, 9.17) is 28.9 Å². The SMILES string of the molecule is Cc1cc(N)cc(C(=O)Nc2c(Cl)cccc2Cl)c1F. The van der Waals surface area contributed by atoms with Gasteiger partial charge in [0, 0.05) is 5.69 Å². The van der Waals surface area contributed by atoms with Crippen LogP contribution >= 0.6 is 23.2 Å². The zero-order valence-electron chi connectivity index (χ0n) is 10.5. The van der Waals surface area contributed by atoms with Crippen molar-refractivity contribution in [2.24, 2.45) is 0 Å². The zero-order chi connectivity index (χ0) is 14.9. The Balaban J connectivity index is 2.39. The van der Waals surface area contributed by atoms with E-state index in [0.29, 0.717) is 11.3 Å². The second-order valence-electron chi connectivity index (χ2n) is 4.25. The molecule has 3 nitrogen and oxygen atoms in total. The maximum Gasteiger partial charge on any atom is 0.258 e. The van der Waals surface area contributed by atoms with Crippen molar-refractivity contribution >= 4 is 40.5 Å². The molecule has 0 unspecified atom stereocenters. The van der Waals surface area contributed by atoms with E-state index in [2.05, 4.69) is 5.32 Å². The van der Waals surface area contributed by atoms with Gasteiger partial charge in [0.1, 0.15) is 5.82 Å². The first-order valence-electron chi connectivity index (χ1n) is 5.71. The fourth-order valence-corrected chi connectivity index (χ4v) is 2.25. The highest BCUT2D eigenvalue weighted by Crippen LogP contribution is 2.30. The number of amides is 1. The highest BCUT2D eigenvalue weighted by molar-refractivity contribution is 6.40. The minimum atomic E-state index is -0.659. The molecule has 1 amide bonds. The Morgan fingerprint density at radius 3 is 2.45 bits per heavy atom. The van der Waals surface area contributed by atoms with Crippen LogP contribution in [0, 0.1) is 12.7 Å². The molecule has 0 atom stereocenters. The van der Waals surface area contributed by atoms with Crippen LogP contribution in [0.15, 0.2) is 30.3 Å². The number of nitrogens with two attached hydrogens (primary N) is 1. The van der Waals surface area contributed by atoms with Gasteiger partial charge in [-0.25, -0.2) is 4.39 Å². The molecule has 20 heavy (non-hydrogen) atoms. The lowest BCUT2D eigenvalue weighted by molar-refractivity contribution is 0.102. The van der Waals surface area contributed by atoms with Crippen molar-refractivity contribution < 1.29 is 9.18 Å². The van der Waals surface area contributed by atoms with Gasteiger partial charge in [-0.05, 0) is 36.8 Å². The lowest BCUT2D eigenvalue weighted by Crippen LogP contribution is -2.15. The Morgan fingerprint density at radius 1 is 1.25 bits per heavy atom. The molecule has 0 saturated heterocycles. The summed E-state index contributed by atoms with van der Waals surface area (Å²) in [5.74, 6) is -1.28. The third kappa shape index (κ3) is 2.86. The minimum Gasteiger partial charge on any atom is -0.399 e. The number of carbonyl (C=O) groups is 1. The van der Waals surface area contributed by atoms with E-state index in [1.165, 1.54) is 19.1 Å². The highest BCUT2D eigenvalue weighted by Gasteiger charge is 2.17. The summed E-state index contributed by atoms with van der Waals surface area (Å²) in [5, 5.41) is 3.03. The Bertz CT molecular complexity index is 669. The molecule has 0 fully saturated rings. The number of hydrogen-bond acceptors (Lipinski definition) is 2. The van der Waals surface area contributed by atoms with Crippen molar-refractivity contribution in [1.29, 1.82) is 0 Å². The van der Waals surface area contributed by atoms with Gasteiger partial charge in [-0.1, -0.05) is 29.3 Å². The molecule has 0 aliphatic heterocycles. The van der Waals surface area contributed by atoms with Crippen LogP contribution in [0.3, 0.4) is 0 Å². The smallest absolute Gasteiger partial charge is 0.258 e. The Morgan fingerprint density at radius 2 is 1.85 bits per heavy atom. The second kappa shape index (κ2) is 5.69. The van der Waals surface area contributed by atoms with Gasteiger partial charge in [-0.15, -0.1) is 0 Å². The van der Waals surface area contributed by atoms with Crippen LogP contribution in [-0.4, -0.2) is 5.91 Å². The summed E-state index contributed by atoms with van der Waals surface area (Å²) in [6.07, 6.45) is 0. The number of aryl methyl sites for hydroxylation is 1. The molecule has 0 aliphatic carbocycles. The standard InChI is InChI=1S/C14H11Cl2FN2O/c1-7-5-8(18)6-9(12(7)17)14(20)19-13-10(15)3-2-4-11(13)16/h2-6H,18H2,1H3,(H,19,20). The minimum absolute atomic E-state index is 0.154. The van der Waals surface area contributed by atoms with Gasteiger partial charge in [0.2, 0.25) is 0 Å². The number of benzene rings is 2. The maximum atomic E-state index is 14.0. The van der Waals surface area contributed by atoms with E-state index in [1.54, 1.807) is 18.2 Å². The molecule has 2 aromatic rings. The Hall–Kier alpha value is -1.78. The van der Waals surface area contributed by atoms with Gasteiger partial charge in [-0.2, -0.15) is 0 Å². The van der Waals surface area contributed by atoms with Crippen molar-refractivity contribution in [1.82, 2.24) is 0 Å². The van der Waals surface area contributed by atoms with E-state index < -0.39 is 11.7 Å². The quantitative estimate of drug-likeness (QED) is 0.813. The van der Waals surface area contributed by atoms with Crippen LogP contribution in [0.25, 0.3) is 0 Å². The molecule has 2 aromatic carbocycles. The zero-order valence-corrected chi connectivity index (χ0v) is 12.0. The van der Waals surface area contributed by atoms with Gasteiger partial charge in [0.25, 0.3) is 5.91 Å². The van der Waals surface area contributed by atoms with Crippen LogP contribution in [0.1, 0.15) is 15.9 Å². The van der Waals surface area contributed by atoms with Crippen molar-refractivity contribution in [3.63, 3.8) is 0 Å². The van der Waals surface area contributed by atoms with Crippen LogP contribution in [0.5, 0.6) is 0 Å². The maximum absolute atomic E-state index is 14.0. The average Bonchev–Trinajstić information content (AvgIpc) is 2.38. The van der Waals surface area contributed by atoms with Crippen LogP contribution < -0.4 is 11.1 Å². The third-order valence-corrected chi connectivity index (χ3v) is 3.35. The first-order valence-corrected chi connectivity index (χ1v) is 6.46. The van der Waals surface area contributed by atoms with Gasteiger partial charge >= 0.3 is 0 Å². The second-order valence-corrected chi connectivity index (χ2v) is 5.06. The number of hydrogen-bond donors (Lipinski definition) is 2. The predicted octanol–water partition coefficient (Wildman–Crippen LogP) is 4.28. The summed E-state index contributed by atoms with van der Waals surface area (Å²) in [6, 6.07) is 7.51. The first-order chi connectivity index (χ1) is 9.40. The molecular formula is C14H11Cl2FN2O. The molecule has 0 aromatic heterocycles. The van der Waals surface area contributed by atoms with E-state index >= 15 is 0 Å². The third-order valence-electron chi connectivity index (χ3n) is 2.72. The molecule has 2 rings (SSSR count). The number of halogens is 3. The van der Waals surface area contributed by atoms with E-state index in [9.17, 15) is 9.18 Å². The summed E-state index contributed by atoms with van der Waals surface area (Å²) in [6.45, 7) is 1.53. The molecule has 0 radical (unpaired) electrons. The molecule has 0 heterocycles. The summed E-state index contributed by atoms with van der Waals surface area (Å²) < 4.78 is 14.0. The van der Waals surface area contributed by atoms with Crippen LogP contribution in [0.4, 0.5) is 15.8 Å². The topological polar surface area (TPSA) is 55.1 Å². The summed E-state index contributed by atoms with van der Waals surface area (Å²) >= 11 is 11.9.